The molecule has 0 amide bonds. The number of carboxylic acids is 1. The van der Waals surface area contributed by atoms with E-state index >= 15 is 0 Å². The molecule has 1 atom stereocenters. The van der Waals surface area contributed by atoms with E-state index in [0.717, 1.165) is 18.6 Å². The number of aromatic nitrogens is 1. The summed E-state index contributed by atoms with van der Waals surface area (Å²) < 4.78 is 5.40. The van der Waals surface area contributed by atoms with E-state index in [1.54, 1.807) is 0 Å². The molecule has 106 valence electrons. The largest absolute Gasteiger partial charge is 0.481 e. The summed E-state index contributed by atoms with van der Waals surface area (Å²) >= 11 is 0. The van der Waals surface area contributed by atoms with E-state index in [-0.39, 0.29) is 12.5 Å². The van der Waals surface area contributed by atoms with Crippen molar-refractivity contribution in [1.29, 1.82) is 0 Å². The standard InChI is InChI=1S/C15H18N2O3/c18-15(19)8-13-10-20-6-5-17(13)9-11-1-2-14-12(7-11)3-4-16-14/h1-4,7,13,16H,5-6,8-10H2,(H,18,19). The van der Waals surface area contributed by atoms with Crippen molar-refractivity contribution in [2.24, 2.45) is 0 Å². The highest BCUT2D eigenvalue weighted by Gasteiger charge is 2.25. The average molecular weight is 274 g/mol. The van der Waals surface area contributed by atoms with Gasteiger partial charge in [0.25, 0.3) is 0 Å². The number of nitrogens with zero attached hydrogens (tertiary/aromatic N) is 1. The van der Waals surface area contributed by atoms with Gasteiger partial charge >= 0.3 is 5.97 Å². The summed E-state index contributed by atoms with van der Waals surface area (Å²) in [4.78, 5) is 16.3. The molecule has 1 fully saturated rings. The number of carboxylic acid groups (broad SMARTS) is 1. The Hall–Kier alpha value is -1.85. The number of rotatable bonds is 4. The summed E-state index contributed by atoms with van der Waals surface area (Å²) in [5.41, 5.74) is 2.33. The Balaban J connectivity index is 1.75. The fourth-order valence-corrected chi connectivity index (χ4v) is 2.72. The minimum absolute atomic E-state index is 0.0387. The number of H-pyrrole nitrogens is 1. The van der Waals surface area contributed by atoms with E-state index in [1.807, 2.05) is 12.3 Å². The molecule has 0 saturated carbocycles. The molecule has 1 aliphatic heterocycles. The van der Waals surface area contributed by atoms with Crippen molar-refractivity contribution >= 4 is 16.9 Å². The molecular formula is C15H18N2O3. The van der Waals surface area contributed by atoms with Gasteiger partial charge in [0, 0.05) is 30.8 Å². The molecule has 0 bridgehead atoms. The van der Waals surface area contributed by atoms with Crippen molar-refractivity contribution in [2.75, 3.05) is 19.8 Å². The van der Waals surface area contributed by atoms with E-state index in [2.05, 4.69) is 28.1 Å². The van der Waals surface area contributed by atoms with Crippen LogP contribution in [0.1, 0.15) is 12.0 Å². The predicted molar refractivity (Wildman–Crippen MR) is 75.6 cm³/mol. The molecule has 2 aromatic rings. The van der Waals surface area contributed by atoms with Gasteiger partial charge in [0.1, 0.15) is 0 Å². The number of nitrogens with one attached hydrogen (secondary N) is 1. The lowest BCUT2D eigenvalue weighted by Gasteiger charge is -2.34. The summed E-state index contributed by atoms with van der Waals surface area (Å²) in [5.74, 6) is -0.772. The van der Waals surface area contributed by atoms with Crippen molar-refractivity contribution in [3.63, 3.8) is 0 Å². The van der Waals surface area contributed by atoms with Crippen LogP contribution in [0.15, 0.2) is 30.5 Å². The first kappa shape index (κ1) is 13.1. The van der Waals surface area contributed by atoms with Gasteiger partial charge in [-0.3, -0.25) is 9.69 Å². The van der Waals surface area contributed by atoms with Crippen LogP contribution in [0.4, 0.5) is 0 Å². The van der Waals surface area contributed by atoms with Gasteiger partial charge in [0.2, 0.25) is 0 Å². The van der Waals surface area contributed by atoms with Crippen molar-refractivity contribution < 1.29 is 14.6 Å². The topological polar surface area (TPSA) is 65.6 Å². The number of hydrogen-bond acceptors (Lipinski definition) is 3. The lowest BCUT2D eigenvalue weighted by molar-refractivity contribution is -0.140. The normalized spacial score (nSPS) is 20.3. The van der Waals surface area contributed by atoms with Gasteiger partial charge in [0.15, 0.2) is 0 Å². The van der Waals surface area contributed by atoms with Crippen LogP contribution in [0, 0.1) is 0 Å². The maximum absolute atomic E-state index is 10.9. The Labute approximate surface area is 117 Å². The van der Waals surface area contributed by atoms with Crippen molar-refractivity contribution in [3.8, 4) is 0 Å². The highest BCUT2D eigenvalue weighted by molar-refractivity contribution is 5.79. The van der Waals surface area contributed by atoms with E-state index in [4.69, 9.17) is 9.84 Å². The molecule has 1 unspecified atom stereocenters. The first-order chi connectivity index (χ1) is 9.72. The van der Waals surface area contributed by atoms with Gasteiger partial charge in [-0.25, -0.2) is 0 Å². The number of aliphatic carboxylic acids is 1. The van der Waals surface area contributed by atoms with Crippen molar-refractivity contribution in [1.82, 2.24) is 9.88 Å². The molecule has 1 aromatic heterocycles. The van der Waals surface area contributed by atoms with Gasteiger partial charge in [-0.05, 0) is 29.1 Å². The third-order valence-electron chi connectivity index (χ3n) is 3.76. The predicted octanol–water partition coefficient (Wildman–Crippen LogP) is 1.84. The summed E-state index contributed by atoms with van der Waals surface area (Å²) in [6, 6.07) is 8.32. The van der Waals surface area contributed by atoms with Gasteiger partial charge < -0.3 is 14.8 Å². The third kappa shape index (κ3) is 2.84. The summed E-state index contributed by atoms with van der Waals surface area (Å²) in [6.07, 6.45) is 2.06. The van der Waals surface area contributed by atoms with Crippen LogP contribution in [0.25, 0.3) is 10.9 Å². The number of ether oxygens (including phenoxy) is 1. The second-order valence-corrected chi connectivity index (χ2v) is 5.20. The first-order valence-electron chi connectivity index (χ1n) is 6.82. The molecular weight excluding hydrogens is 256 g/mol. The Morgan fingerprint density at radius 3 is 3.20 bits per heavy atom. The van der Waals surface area contributed by atoms with Gasteiger partial charge in [-0.1, -0.05) is 6.07 Å². The van der Waals surface area contributed by atoms with E-state index in [9.17, 15) is 4.79 Å². The molecule has 3 rings (SSSR count). The molecule has 2 heterocycles. The monoisotopic (exact) mass is 274 g/mol. The Kier molecular flexibility index (Phi) is 3.71. The van der Waals surface area contributed by atoms with Gasteiger partial charge in [-0.15, -0.1) is 0 Å². The number of fused-ring (bicyclic) bond motifs is 1. The van der Waals surface area contributed by atoms with Crippen LogP contribution in [0.3, 0.4) is 0 Å². The van der Waals surface area contributed by atoms with Crippen LogP contribution in [-0.2, 0) is 16.1 Å². The molecule has 0 spiro atoms. The molecule has 1 aliphatic rings. The zero-order valence-corrected chi connectivity index (χ0v) is 11.2. The molecule has 20 heavy (non-hydrogen) atoms. The summed E-state index contributed by atoms with van der Waals surface area (Å²) in [5, 5.41) is 10.2. The Morgan fingerprint density at radius 2 is 2.35 bits per heavy atom. The molecule has 5 heteroatoms. The molecule has 1 aromatic carbocycles. The van der Waals surface area contributed by atoms with Crippen molar-refractivity contribution in [3.05, 3.63) is 36.0 Å². The average Bonchev–Trinajstić information content (AvgIpc) is 2.88. The van der Waals surface area contributed by atoms with E-state index < -0.39 is 5.97 Å². The highest BCUT2D eigenvalue weighted by Crippen LogP contribution is 2.19. The Morgan fingerprint density at radius 1 is 1.45 bits per heavy atom. The van der Waals surface area contributed by atoms with Crippen molar-refractivity contribution in [2.45, 2.75) is 19.0 Å². The number of benzene rings is 1. The Bertz CT molecular complexity index is 608. The number of aromatic amines is 1. The molecule has 1 saturated heterocycles. The number of morpholine rings is 1. The lowest BCUT2D eigenvalue weighted by Crippen LogP contribution is -2.45. The fraction of sp³-hybridized carbons (Fsp3) is 0.400. The third-order valence-corrected chi connectivity index (χ3v) is 3.76. The van der Waals surface area contributed by atoms with Crippen LogP contribution in [-0.4, -0.2) is 46.8 Å². The summed E-state index contributed by atoms with van der Waals surface area (Å²) in [7, 11) is 0. The minimum Gasteiger partial charge on any atom is -0.481 e. The minimum atomic E-state index is -0.772. The van der Waals surface area contributed by atoms with Crippen LogP contribution in [0.5, 0.6) is 0 Å². The SMILES string of the molecule is O=C(O)CC1COCCN1Cc1ccc2[nH]ccc2c1. The van der Waals surface area contributed by atoms with E-state index in [1.165, 1.54) is 10.9 Å². The van der Waals surface area contributed by atoms with E-state index in [0.29, 0.717) is 13.2 Å². The zero-order valence-electron chi connectivity index (χ0n) is 11.2. The maximum atomic E-state index is 10.9. The van der Waals surface area contributed by atoms with Crippen LogP contribution >= 0.6 is 0 Å². The summed E-state index contributed by atoms with van der Waals surface area (Å²) in [6.45, 7) is 2.72. The smallest absolute Gasteiger partial charge is 0.305 e. The molecule has 0 aliphatic carbocycles. The maximum Gasteiger partial charge on any atom is 0.305 e. The van der Waals surface area contributed by atoms with Gasteiger partial charge in [0.05, 0.1) is 19.6 Å². The van der Waals surface area contributed by atoms with Gasteiger partial charge in [-0.2, -0.15) is 0 Å². The number of carbonyl (C=O) groups is 1. The quantitative estimate of drug-likeness (QED) is 0.893. The fourth-order valence-electron chi connectivity index (χ4n) is 2.72. The van der Waals surface area contributed by atoms with Crippen LogP contribution in [0.2, 0.25) is 0 Å². The van der Waals surface area contributed by atoms with Crippen LogP contribution < -0.4 is 0 Å². The highest BCUT2D eigenvalue weighted by atomic mass is 16.5. The zero-order chi connectivity index (χ0) is 13.9. The number of hydrogen-bond donors (Lipinski definition) is 2. The molecule has 5 nitrogen and oxygen atoms in total. The molecule has 0 radical (unpaired) electrons. The molecule has 2 N–H and O–H groups in total. The second kappa shape index (κ2) is 5.64. The second-order valence-electron chi connectivity index (χ2n) is 5.20. The first-order valence-corrected chi connectivity index (χ1v) is 6.82. The lowest BCUT2D eigenvalue weighted by atomic mass is 10.1.